The number of nitrogens with zero attached hydrogens (tertiary/aromatic N) is 1. The Hall–Kier alpha value is -2.05. The number of hydrogen-bond acceptors (Lipinski definition) is 2. The van der Waals surface area contributed by atoms with Crippen LogP contribution in [0.3, 0.4) is 0 Å². The highest BCUT2D eigenvalue weighted by Gasteiger charge is 2.10. The molecule has 0 aliphatic carbocycles. The van der Waals surface area contributed by atoms with Crippen LogP contribution in [0.15, 0.2) is 42.5 Å². The van der Waals surface area contributed by atoms with E-state index < -0.39 is 0 Å². The molecule has 102 valence electrons. The van der Waals surface area contributed by atoms with Crippen LogP contribution in [0.5, 0.6) is 0 Å². The first kappa shape index (κ1) is 14.4. The second kappa shape index (κ2) is 6.40. The third-order valence-electron chi connectivity index (χ3n) is 3.09. The molecule has 2 aromatic carbocycles. The monoisotopic (exact) mass is 288 g/mol. The second-order valence-corrected chi connectivity index (χ2v) is 4.87. The van der Waals surface area contributed by atoms with Gasteiger partial charge >= 0.3 is 0 Å². The van der Waals surface area contributed by atoms with Crippen molar-refractivity contribution in [2.45, 2.75) is 19.4 Å². The lowest BCUT2D eigenvalue weighted by atomic mass is 10.0. The minimum Gasteiger partial charge on any atom is -0.378 e. The predicted molar refractivity (Wildman–Crippen MR) is 79.2 cm³/mol. The minimum absolute atomic E-state index is 0.00491. The molecule has 0 bridgehead atoms. The van der Waals surface area contributed by atoms with Crippen LogP contribution >= 0.6 is 11.6 Å². The van der Waals surface area contributed by atoms with Crippen molar-refractivity contribution in [2.24, 2.45) is 0 Å². The lowest BCUT2D eigenvalue weighted by Crippen LogP contribution is -2.10. The summed E-state index contributed by atoms with van der Waals surface area (Å²) < 4.78 is 13.3. The van der Waals surface area contributed by atoms with Gasteiger partial charge in [0, 0.05) is 5.69 Å². The van der Waals surface area contributed by atoms with Crippen LogP contribution in [-0.4, -0.2) is 0 Å². The third-order valence-corrected chi connectivity index (χ3v) is 3.40. The zero-order chi connectivity index (χ0) is 14.5. The lowest BCUT2D eigenvalue weighted by molar-refractivity contribution is 0.621. The van der Waals surface area contributed by atoms with E-state index in [0.29, 0.717) is 10.6 Å². The van der Waals surface area contributed by atoms with Crippen molar-refractivity contribution in [3.05, 3.63) is 64.4 Å². The summed E-state index contributed by atoms with van der Waals surface area (Å²) in [6.45, 7) is 2.02. The summed E-state index contributed by atoms with van der Waals surface area (Å²) in [7, 11) is 0. The maximum absolute atomic E-state index is 13.3. The van der Waals surface area contributed by atoms with Crippen molar-refractivity contribution >= 4 is 17.3 Å². The predicted octanol–water partition coefficient (Wildman–Crippen LogP) is 4.91. The molecule has 0 aromatic heterocycles. The molecule has 2 rings (SSSR count). The number of hydrogen-bond donors (Lipinski definition) is 1. The van der Waals surface area contributed by atoms with Crippen molar-refractivity contribution in [2.75, 3.05) is 5.32 Å². The first-order chi connectivity index (χ1) is 9.63. The molecule has 0 amide bonds. The van der Waals surface area contributed by atoms with Gasteiger partial charge in [-0.15, -0.1) is 0 Å². The quantitative estimate of drug-likeness (QED) is 0.867. The van der Waals surface area contributed by atoms with E-state index in [0.717, 1.165) is 17.7 Å². The summed E-state index contributed by atoms with van der Waals surface area (Å²) in [6.07, 6.45) is 0.807. The largest absolute Gasteiger partial charge is 0.378 e. The maximum Gasteiger partial charge on any atom is 0.123 e. The fraction of sp³-hybridized carbons (Fsp3) is 0.188. The fourth-order valence-electron chi connectivity index (χ4n) is 2.04. The molecule has 0 aliphatic heterocycles. The molecular weight excluding hydrogens is 275 g/mol. The highest BCUT2D eigenvalue weighted by atomic mass is 35.5. The van der Waals surface area contributed by atoms with Gasteiger partial charge < -0.3 is 5.32 Å². The van der Waals surface area contributed by atoms with Crippen LogP contribution in [0.2, 0.25) is 5.02 Å². The average Bonchev–Trinajstić information content (AvgIpc) is 2.45. The highest BCUT2D eigenvalue weighted by Crippen LogP contribution is 2.26. The number of halogens is 2. The van der Waals surface area contributed by atoms with Gasteiger partial charge in [-0.3, -0.25) is 0 Å². The summed E-state index contributed by atoms with van der Waals surface area (Å²) in [5, 5.41) is 12.6. The zero-order valence-corrected chi connectivity index (χ0v) is 11.8. The van der Waals surface area contributed by atoms with E-state index in [4.69, 9.17) is 16.9 Å². The SMILES string of the molecule is CCC(Nc1ccc(C#N)c(Cl)c1)c1cccc(F)c1. The number of benzene rings is 2. The molecule has 0 fully saturated rings. The van der Waals surface area contributed by atoms with Crippen molar-refractivity contribution in [3.63, 3.8) is 0 Å². The smallest absolute Gasteiger partial charge is 0.123 e. The second-order valence-electron chi connectivity index (χ2n) is 4.47. The molecule has 0 heterocycles. The third kappa shape index (κ3) is 3.28. The molecule has 20 heavy (non-hydrogen) atoms. The van der Waals surface area contributed by atoms with E-state index in [1.807, 2.05) is 19.1 Å². The van der Waals surface area contributed by atoms with Gasteiger partial charge in [-0.1, -0.05) is 30.7 Å². The minimum atomic E-state index is -0.249. The van der Waals surface area contributed by atoms with Crippen molar-refractivity contribution in [3.8, 4) is 6.07 Å². The van der Waals surface area contributed by atoms with E-state index in [-0.39, 0.29) is 11.9 Å². The Morgan fingerprint density at radius 3 is 2.70 bits per heavy atom. The Kier molecular flexibility index (Phi) is 4.60. The van der Waals surface area contributed by atoms with E-state index >= 15 is 0 Å². The molecule has 0 radical (unpaired) electrons. The Morgan fingerprint density at radius 2 is 2.10 bits per heavy atom. The van der Waals surface area contributed by atoms with Crippen molar-refractivity contribution < 1.29 is 4.39 Å². The first-order valence-electron chi connectivity index (χ1n) is 6.35. The Bertz CT molecular complexity index is 649. The summed E-state index contributed by atoms with van der Waals surface area (Å²) in [4.78, 5) is 0. The average molecular weight is 289 g/mol. The Morgan fingerprint density at radius 1 is 1.30 bits per heavy atom. The van der Waals surface area contributed by atoms with Crippen LogP contribution < -0.4 is 5.32 Å². The molecule has 2 aromatic rings. The van der Waals surface area contributed by atoms with Gasteiger partial charge in [-0.05, 0) is 42.3 Å². The molecule has 4 heteroatoms. The molecule has 1 atom stereocenters. The molecule has 0 aliphatic rings. The summed E-state index contributed by atoms with van der Waals surface area (Å²) >= 11 is 6.00. The normalized spacial score (nSPS) is 11.7. The number of nitrogens with one attached hydrogen (secondary N) is 1. The lowest BCUT2D eigenvalue weighted by Gasteiger charge is -2.19. The maximum atomic E-state index is 13.3. The summed E-state index contributed by atoms with van der Waals surface area (Å²) in [5.41, 5.74) is 2.13. The van der Waals surface area contributed by atoms with Gasteiger partial charge in [0.25, 0.3) is 0 Å². The van der Waals surface area contributed by atoms with E-state index in [2.05, 4.69) is 5.32 Å². The van der Waals surface area contributed by atoms with Gasteiger partial charge in [0.1, 0.15) is 11.9 Å². The van der Waals surface area contributed by atoms with Crippen LogP contribution in [-0.2, 0) is 0 Å². The van der Waals surface area contributed by atoms with E-state index in [9.17, 15) is 4.39 Å². The first-order valence-corrected chi connectivity index (χ1v) is 6.73. The Balaban J connectivity index is 2.23. The molecule has 1 N–H and O–H groups in total. The molecule has 0 saturated carbocycles. The zero-order valence-electron chi connectivity index (χ0n) is 11.0. The molecular formula is C16H14ClFN2. The number of nitriles is 1. The molecule has 1 unspecified atom stereocenters. The standard InChI is InChI=1S/C16H14ClFN2/c1-2-16(11-4-3-5-13(18)8-11)20-14-7-6-12(10-19)15(17)9-14/h3-9,16,20H,2H2,1H3. The van der Waals surface area contributed by atoms with Crippen LogP contribution in [0.4, 0.5) is 10.1 Å². The van der Waals surface area contributed by atoms with Crippen LogP contribution in [0.1, 0.15) is 30.5 Å². The van der Waals surface area contributed by atoms with Crippen molar-refractivity contribution in [1.82, 2.24) is 0 Å². The topological polar surface area (TPSA) is 35.8 Å². The van der Waals surface area contributed by atoms with Gasteiger partial charge in [0.15, 0.2) is 0 Å². The molecule has 2 nitrogen and oxygen atoms in total. The summed E-state index contributed by atoms with van der Waals surface area (Å²) in [6, 6.07) is 13.7. The molecule has 0 spiro atoms. The van der Waals surface area contributed by atoms with Gasteiger partial charge in [0.2, 0.25) is 0 Å². The van der Waals surface area contributed by atoms with Gasteiger partial charge in [-0.2, -0.15) is 5.26 Å². The Labute approximate surface area is 122 Å². The number of rotatable bonds is 4. The fourth-order valence-corrected chi connectivity index (χ4v) is 2.26. The van der Waals surface area contributed by atoms with Crippen molar-refractivity contribution in [1.29, 1.82) is 5.26 Å². The van der Waals surface area contributed by atoms with Gasteiger partial charge in [-0.25, -0.2) is 4.39 Å². The number of anilines is 1. The van der Waals surface area contributed by atoms with Crippen LogP contribution in [0, 0.1) is 17.1 Å². The van der Waals surface area contributed by atoms with E-state index in [1.165, 1.54) is 12.1 Å². The highest BCUT2D eigenvalue weighted by molar-refractivity contribution is 6.32. The van der Waals surface area contributed by atoms with Crippen LogP contribution in [0.25, 0.3) is 0 Å². The molecule has 0 saturated heterocycles. The summed E-state index contributed by atoms with van der Waals surface area (Å²) in [5.74, 6) is -0.249. The van der Waals surface area contributed by atoms with Gasteiger partial charge in [0.05, 0.1) is 16.6 Å². The van der Waals surface area contributed by atoms with E-state index in [1.54, 1.807) is 24.3 Å².